The van der Waals surface area contributed by atoms with Crippen molar-refractivity contribution in [3.8, 4) is 0 Å². The van der Waals surface area contributed by atoms with E-state index in [-0.39, 0.29) is 0 Å². The van der Waals surface area contributed by atoms with Crippen molar-refractivity contribution < 1.29 is 19.8 Å². The van der Waals surface area contributed by atoms with E-state index in [1.54, 1.807) is 0 Å². The van der Waals surface area contributed by atoms with Gasteiger partial charge in [-0.25, -0.2) is 0 Å². The summed E-state index contributed by atoms with van der Waals surface area (Å²) in [6, 6.07) is 0. The Bertz CT molecular complexity index is 280. The van der Waals surface area contributed by atoms with E-state index in [0.29, 0.717) is 19.3 Å². The predicted octanol–water partition coefficient (Wildman–Crippen LogP) is 1.52. The Morgan fingerprint density at radius 1 is 1.29 bits per heavy atom. The maximum Gasteiger partial charge on any atom is 0.307 e. The maximum absolute atomic E-state index is 10.8. The molecule has 4 heteroatoms. The van der Waals surface area contributed by atoms with Crippen LogP contribution in [-0.2, 0) is 9.59 Å². The first-order valence-electron chi connectivity index (χ1n) is 4.66. The van der Waals surface area contributed by atoms with Gasteiger partial charge in [0.1, 0.15) is 0 Å². The van der Waals surface area contributed by atoms with Crippen molar-refractivity contribution in [1.29, 1.82) is 0 Å². The normalized spacial score (nSPS) is 30.2. The van der Waals surface area contributed by atoms with E-state index in [9.17, 15) is 9.59 Å². The number of rotatable bonds is 2. The van der Waals surface area contributed by atoms with Crippen LogP contribution < -0.4 is 0 Å². The highest BCUT2D eigenvalue weighted by molar-refractivity contribution is 5.80. The van der Waals surface area contributed by atoms with Crippen LogP contribution in [0.4, 0.5) is 0 Å². The molecule has 0 aliphatic heterocycles. The molecule has 78 valence electrons. The number of allylic oxidation sites excluding steroid dienone is 2. The van der Waals surface area contributed by atoms with Crippen molar-refractivity contribution in [3.63, 3.8) is 0 Å². The van der Waals surface area contributed by atoms with E-state index in [2.05, 4.69) is 0 Å². The van der Waals surface area contributed by atoms with E-state index >= 15 is 0 Å². The Morgan fingerprint density at radius 2 is 1.86 bits per heavy atom. The van der Waals surface area contributed by atoms with Crippen molar-refractivity contribution in [3.05, 3.63) is 11.6 Å². The fourth-order valence-electron chi connectivity index (χ4n) is 1.89. The fraction of sp³-hybridized carbons (Fsp3) is 0.600. The van der Waals surface area contributed by atoms with Gasteiger partial charge in [-0.2, -0.15) is 0 Å². The topological polar surface area (TPSA) is 74.6 Å². The quantitative estimate of drug-likeness (QED) is 0.659. The summed E-state index contributed by atoms with van der Waals surface area (Å²) < 4.78 is 0. The van der Waals surface area contributed by atoms with Crippen LogP contribution in [0.25, 0.3) is 0 Å². The van der Waals surface area contributed by atoms with E-state index < -0.39 is 23.8 Å². The lowest BCUT2D eigenvalue weighted by Gasteiger charge is -2.26. The number of hydrogen-bond donors (Lipinski definition) is 2. The SMILES string of the molecule is C/C=C1/CCC(C(=O)O)C(C(=O)O)C1. The molecule has 0 aromatic carbocycles. The van der Waals surface area contributed by atoms with Crippen LogP contribution in [0.2, 0.25) is 0 Å². The first-order valence-corrected chi connectivity index (χ1v) is 4.66. The molecular formula is C10H14O4. The molecule has 14 heavy (non-hydrogen) atoms. The van der Waals surface area contributed by atoms with Crippen LogP contribution in [0.5, 0.6) is 0 Å². The van der Waals surface area contributed by atoms with Crippen LogP contribution in [0.3, 0.4) is 0 Å². The highest BCUT2D eigenvalue weighted by Gasteiger charge is 2.37. The average molecular weight is 198 g/mol. The molecule has 0 aromatic rings. The third-order valence-corrected chi connectivity index (χ3v) is 2.79. The maximum atomic E-state index is 10.8. The van der Waals surface area contributed by atoms with Crippen LogP contribution in [0.1, 0.15) is 26.2 Å². The molecular weight excluding hydrogens is 184 g/mol. The number of carbonyl (C=O) groups is 2. The zero-order valence-corrected chi connectivity index (χ0v) is 8.06. The van der Waals surface area contributed by atoms with Crippen molar-refractivity contribution in [2.75, 3.05) is 0 Å². The third-order valence-electron chi connectivity index (χ3n) is 2.79. The standard InChI is InChI=1S/C10H14O4/c1-2-6-3-4-7(9(11)12)8(5-6)10(13)14/h2,7-8H,3-5H2,1H3,(H,11,12)(H,13,14)/b6-2-. The minimum atomic E-state index is -1.00. The molecule has 0 radical (unpaired) electrons. The molecule has 0 aromatic heterocycles. The molecule has 1 saturated carbocycles. The van der Waals surface area contributed by atoms with Crippen molar-refractivity contribution in [2.45, 2.75) is 26.2 Å². The monoisotopic (exact) mass is 198 g/mol. The van der Waals surface area contributed by atoms with Gasteiger partial charge in [0.15, 0.2) is 0 Å². The lowest BCUT2D eigenvalue weighted by molar-refractivity contribution is -0.154. The number of aliphatic carboxylic acids is 2. The summed E-state index contributed by atoms with van der Waals surface area (Å²) in [5.41, 5.74) is 1.05. The molecule has 0 amide bonds. The molecule has 0 spiro atoms. The zero-order valence-electron chi connectivity index (χ0n) is 8.06. The molecule has 2 atom stereocenters. The summed E-state index contributed by atoms with van der Waals surface area (Å²) in [5, 5.41) is 17.7. The third kappa shape index (κ3) is 2.13. The van der Waals surface area contributed by atoms with E-state index in [0.717, 1.165) is 5.57 Å². The molecule has 1 rings (SSSR count). The van der Waals surface area contributed by atoms with Crippen LogP contribution in [0.15, 0.2) is 11.6 Å². The number of hydrogen-bond acceptors (Lipinski definition) is 2. The van der Waals surface area contributed by atoms with Gasteiger partial charge in [-0.05, 0) is 26.2 Å². The molecule has 0 saturated heterocycles. The van der Waals surface area contributed by atoms with Crippen molar-refractivity contribution in [1.82, 2.24) is 0 Å². The Labute approximate surface area is 82.2 Å². The molecule has 4 nitrogen and oxygen atoms in total. The van der Waals surface area contributed by atoms with Crippen molar-refractivity contribution in [2.24, 2.45) is 11.8 Å². The lowest BCUT2D eigenvalue weighted by atomic mass is 9.77. The Hall–Kier alpha value is -1.32. The van der Waals surface area contributed by atoms with Gasteiger partial charge in [-0.3, -0.25) is 9.59 Å². The summed E-state index contributed by atoms with van der Waals surface area (Å²) in [4.78, 5) is 21.6. The molecule has 2 N–H and O–H groups in total. The summed E-state index contributed by atoms with van der Waals surface area (Å²) in [6.45, 7) is 1.86. The minimum Gasteiger partial charge on any atom is -0.481 e. The summed E-state index contributed by atoms with van der Waals surface area (Å²) in [7, 11) is 0. The molecule has 2 unspecified atom stereocenters. The number of carboxylic acids is 2. The highest BCUT2D eigenvalue weighted by atomic mass is 16.4. The number of carboxylic acid groups (broad SMARTS) is 2. The first-order chi connectivity index (χ1) is 6.56. The van der Waals surface area contributed by atoms with Gasteiger partial charge in [-0.1, -0.05) is 11.6 Å². The van der Waals surface area contributed by atoms with Crippen LogP contribution >= 0.6 is 0 Å². The van der Waals surface area contributed by atoms with E-state index in [1.165, 1.54) is 0 Å². The van der Waals surface area contributed by atoms with Crippen molar-refractivity contribution >= 4 is 11.9 Å². The van der Waals surface area contributed by atoms with Gasteiger partial charge >= 0.3 is 11.9 Å². The second-order valence-corrected chi connectivity index (χ2v) is 3.58. The summed E-state index contributed by atoms with van der Waals surface area (Å²) in [5.74, 6) is -3.48. The molecule has 0 heterocycles. The van der Waals surface area contributed by atoms with Gasteiger partial charge in [0.25, 0.3) is 0 Å². The summed E-state index contributed by atoms with van der Waals surface area (Å²) in [6.07, 6.45) is 3.40. The second kappa shape index (κ2) is 4.26. The van der Waals surface area contributed by atoms with Crippen LogP contribution in [0, 0.1) is 11.8 Å². The fourth-order valence-corrected chi connectivity index (χ4v) is 1.89. The molecule has 1 aliphatic carbocycles. The van der Waals surface area contributed by atoms with Gasteiger partial charge in [0.2, 0.25) is 0 Å². The minimum absolute atomic E-state index is 0.378. The second-order valence-electron chi connectivity index (χ2n) is 3.58. The predicted molar refractivity (Wildman–Crippen MR) is 49.9 cm³/mol. The van der Waals surface area contributed by atoms with Gasteiger partial charge in [0, 0.05) is 0 Å². The summed E-state index contributed by atoms with van der Waals surface area (Å²) >= 11 is 0. The Morgan fingerprint density at radius 3 is 2.29 bits per heavy atom. The van der Waals surface area contributed by atoms with Gasteiger partial charge in [-0.15, -0.1) is 0 Å². The van der Waals surface area contributed by atoms with Crippen LogP contribution in [-0.4, -0.2) is 22.2 Å². The zero-order chi connectivity index (χ0) is 10.7. The lowest BCUT2D eigenvalue weighted by Crippen LogP contribution is -2.33. The first kappa shape index (κ1) is 10.8. The molecule has 1 fully saturated rings. The largest absolute Gasteiger partial charge is 0.481 e. The highest BCUT2D eigenvalue weighted by Crippen LogP contribution is 2.33. The van der Waals surface area contributed by atoms with Gasteiger partial charge in [0.05, 0.1) is 11.8 Å². The smallest absolute Gasteiger partial charge is 0.307 e. The average Bonchev–Trinajstić information content (AvgIpc) is 2.16. The molecule has 1 aliphatic rings. The Balaban J connectivity index is 2.80. The Kier molecular flexibility index (Phi) is 3.28. The van der Waals surface area contributed by atoms with Gasteiger partial charge < -0.3 is 10.2 Å². The van der Waals surface area contributed by atoms with E-state index in [1.807, 2.05) is 13.0 Å². The van der Waals surface area contributed by atoms with E-state index in [4.69, 9.17) is 10.2 Å². The molecule has 0 bridgehead atoms.